The first kappa shape index (κ1) is 16.2. The molecule has 0 spiro atoms. The number of aromatic nitrogens is 1. The van der Waals surface area contributed by atoms with E-state index in [1.165, 1.54) is 6.07 Å². The highest BCUT2D eigenvalue weighted by atomic mass is 35.5. The van der Waals surface area contributed by atoms with Gasteiger partial charge in [0.15, 0.2) is 0 Å². The van der Waals surface area contributed by atoms with E-state index in [9.17, 15) is 9.18 Å². The van der Waals surface area contributed by atoms with Gasteiger partial charge in [0, 0.05) is 28.7 Å². The molecule has 0 unspecified atom stereocenters. The lowest BCUT2D eigenvalue weighted by molar-refractivity contribution is -0.123. The van der Waals surface area contributed by atoms with Gasteiger partial charge in [-0.2, -0.15) is 0 Å². The average Bonchev–Trinajstić information content (AvgIpc) is 3.31. The summed E-state index contributed by atoms with van der Waals surface area (Å²) in [4.78, 5) is 16.0. The van der Waals surface area contributed by atoms with E-state index in [-0.39, 0.29) is 11.7 Å². The summed E-state index contributed by atoms with van der Waals surface area (Å²) in [5.74, 6) is -0.228. The molecule has 1 aliphatic carbocycles. The van der Waals surface area contributed by atoms with Gasteiger partial charge in [-0.1, -0.05) is 29.8 Å². The molecule has 3 nitrogen and oxygen atoms in total. The first-order chi connectivity index (χ1) is 12.1. The Labute approximate surface area is 150 Å². The second-order valence-corrected chi connectivity index (χ2v) is 7.01. The molecule has 1 aliphatic rings. The fourth-order valence-corrected chi connectivity index (χ4v) is 3.59. The minimum atomic E-state index is -0.488. The van der Waals surface area contributed by atoms with E-state index in [0.29, 0.717) is 23.6 Å². The van der Waals surface area contributed by atoms with E-state index in [2.05, 4.69) is 10.3 Å². The van der Waals surface area contributed by atoms with Crippen molar-refractivity contribution in [1.82, 2.24) is 10.3 Å². The number of carbonyl (C=O) groups excluding carboxylic acids is 1. The number of aromatic amines is 1. The molecular formula is C20H18ClFN2O. The van der Waals surface area contributed by atoms with Crippen molar-refractivity contribution in [3.63, 3.8) is 0 Å². The van der Waals surface area contributed by atoms with Crippen LogP contribution in [0.4, 0.5) is 4.39 Å². The Balaban J connectivity index is 1.49. The fraction of sp³-hybridized carbons (Fsp3) is 0.250. The highest BCUT2D eigenvalue weighted by Crippen LogP contribution is 2.50. The highest BCUT2D eigenvalue weighted by Gasteiger charge is 2.52. The number of H-pyrrole nitrogens is 1. The predicted molar refractivity (Wildman–Crippen MR) is 97.3 cm³/mol. The maximum atomic E-state index is 13.7. The minimum Gasteiger partial charge on any atom is -0.361 e. The van der Waals surface area contributed by atoms with Crippen molar-refractivity contribution in [2.24, 2.45) is 0 Å². The fourth-order valence-electron chi connectivity index (χ4n) is 3.41. The average molecular weight is 357 g/mol. The molecule has 1 saturated carbocycles. The lowest BCUT2D eigenvalue weighted by atomic mass is 9.94. The van der Waals surface area contributed by atoms with Crippen molar-refractivity contribution in [3.8, 4) is 0 Å². The van der Waals surface area contributed by atoms with Gasteiger partial charge < -0.3 is 10.3 Å². The molecule has 0 bridgehead atoms. The summed E-state index contributed by atoms with van der Waals surface area (Å²) in [6.45, 7) is 0.421. The second-order valence-electron chi connectivity index (χ2n) is 6.57. The number of benzene rings is 2. The molecule has 5 heteroatoms. The van der Waals surface area contributed by atoms with Crippen molar-refractivity contribution >= 4 is 28.4 Å². The Morgan fingerprint density at radius 2 is 2.04 bits per heavy atom. The standard InChI is InChI=1S/C20H18ClFN2O/c21-14-5-6-18-15(11-14)16(12-24-18)20(8-9-20)19(25)23-10-7-13-3-1-2-4-17(13)22/h1-6,11-12,24H,7-10H2,(H,23,25). The number of rotatable bonds is 5. The molecule has 1 aromatic heterocycles. The van der Waals surface area contributed by atoms with Gasteiger partial charge in [0.2, 0.25) is 5.91 Å². The van der Waals surface area contributed by atoms with Crippen LogP contribution in [-0.2, 0) is 16.6 Å². The third-order valence-electron chi connectivity index (χ3n) is 4.98. The zero-order valence-corrected chi connectivity index (χ0v) is 14.4. The molecule has 4 rings (SSSR count). The van der Waals surface area contributed by atoms with E-state index in [0.717, 1.165) is 29.3 Å². The molecule has 0 saturated heterocycles. The first-order valence-corrected chi connectivity index (χ1v) is 8.77. The highest BCUT2D eigenvalue weighted by molar-refractivity contribution is 6.31. The van der Waals surface area contributed by atoms with Gasteiger partial charge in [-0.25, -0.2) is 4.39 Å². The van der Waals surface area contributed by atoms with Crippen molar-refractivity contribution in [1.29, 1.82) is 0 Å². The normalized spacial score (nSPS) is 15.3. The van der Waals surface area contributed by atoms with E-state index in [4.69, 9.17) is 11.6 Å². The number of halogens is 2. The third-order valence-corrected chi connectivity index (χ3v) is 5.22. The van der Waals surface area contributed by atoms with Crippen LogP contribution < -0.4 is 5.32 Å². The zero-order valence-electron chi connectivity index (χ0n) is 13.6. The van der Waals surface area contributed by atoms with Crippen LogP contribution in [0.15, 0.2) is 48.7 Å². The molecule has 0 radical (unpaired) electrons. The molecule has 0 aliphatic heterocycles. The first-order valence-electron chi connectivity index (χ1n) is 8.39. The van der Waals surface area contributed by atoms with Crippen LogP contribution in [-0.4, -0.2) is 17.4 Å². The van der Waals surface area contributed by atoms with Crippen LogP contribution in [0.1, 0.15) is 24.0 Å². The quantitative estimate of drug-likeness (QED) is 0.701. The SMILES string of the molecule is O=C(NCCc1ccccc1F)C1(c2c[nH]c3ccc(Cl)cc23)CC1. The van der Waals surface area contributed by atoms with Gasteiger partial charge in [0.1, 0.15) is 5.82 Å². The van der Waals surface area contributed by atoms with Crippen LogP contribution in [0, 0.1) is 5.82 Å². The number of hydrogen-bond donors (Lipinski definition) is 2. The van der Waals surface area contributed by atoms with Gasteiger partial charge in [0.05, 0.1) is 5.41 Å². The molecule has 1 heterocycles. The summed E-state index contributed by atoms with van der Waals surface area (Å²) < 4.78 is 13.7. The van der Waals surface area contributed by atoms with Gasteiger partial charge in [0.25, 0.3) is 0 Å². The number of amides is 1. The van der Waals surface area contributed by atoms with Gasteiger partial charge >= 0.3 is 0 Å². The monoisotopic (exact) mass is 356 g/mol. The number of fused-ring (bicyclic) bond motifs is 1. The van der Waals surface area contributed by atoms with Gasteiger partial charge in [-0.3, -0.25) is 4.79 Å². The minimum absolute atomic E-state index is 0.00437. The second kappa shape index (κ2) is 6.19. The lowest BCUT2D eigenvalue weighted by Crippen LogP contribution is -2.35. The van der Waals surface area contributed by atoms with Crippen LogP contribution in [0.25, 0.3) is 10.9 Å². The Morgan fingerprint density at radius 3 is 2.80 bits per heavy atom. The van der Waals surface area contributed by atoms with Gasteiger partial charge in [-0.15, -0.1) is 0 Å². The van der Waals surface area contributed by atoms with E-state index >= 15 is 0 Å². The Hall–Kier alpha value is -2.33. The van der Waals surface area contributed by atoms with Crippen LogP contribution in [0.3, 0.4) is 0 Å². The van der Waals surface area contributed by atoms with E-state index in [1.54, 1.807) is 18.2 Å². The molecular weight excluding hydrogens is 339 g/mol. The summed E-state index contributed by atoms with van der Waals surface area (Å²) in [6, 6.07) is 12.3. The Bertz CT molecular complexity index is 946. The molecule has 0 atom stereocenters. The molecule has 2 N–H and O–H groups in total. The van der Waals surface area contributed by atoms with Crippen LogP contribution >= 0.6 is 11.6 Å². The summed E-state index contributed by atoms with van der Waals surface area (Å²) in [5.41, 5.74) is 2.10. The summed E-state index contributed by atoms with van der Waals surface area (Å²) in [5, 5.41) is 4.63. The molecule has 3 aromatic rings. The van der Waals surface area contributed by atoms with Crippen molar-refractivity contribution < 1.29 is 9.18 Å². The summed E-state index contributed by atoms with van der Waals surface area (Å²) in [7, 11) is 0. The maximum absolute atomic E-state index is 13.7. The largest absolute Gasteiger partial charge is 0.361 e. The predicted octanol–water partition coefficient (Wildman–Crippen LogP) is 4.35. The zero-order chi connectivity index (χ0) is 17.4. The van der Waals surface area contributed by atoms with Crippen LogP contribution in [0.5, 0.6) is 0 Å². The Morgan fingerprint density at radius 1 is 1.24 bits per heavy atom. The number of nitrogens with one attached hydrogen (secondary N) is 2. The van der Waals surface area contributed by atoms with Crippen molar-refractivity contribution in [2.75, 3.05) is 6.54 Å². The number of hydrogen-bond acceptors (Lipinski definition) is 1. The molecule has 25 heavy (non-hydrogen) atoms. The topological polar surface area (TPSA) is 44.9 Å². The smallest absolute Gasteiger partial charge is 0.230 e. The maximum Gasteiger partial charge on any atom is 0.230 e. The van der Waals surface area contributed by atoms with Crippen molar-refractivity contribution in [2.45, 2.75) is 24.7 Å². The Kier molecular flexibility index (Phi) is 4.00. The lowest BCUT2D eigenvalue weighted by Gasteiger charge is -2.15. The van der Waals surface area contributed by atoms with Crippen LogP contribution in [0.2, 0.25) is 5.02 Å². The molecule has 128 valence electrons. The summed E-state index contributed by atoms with van der Waals surface area (Å²) >= 11 is 6.11. The van der Waals surface area contributed by atoms with E-state index < -0.39 is 5.41 Å². The number of carbonyl (C=O) groups is 1. The third kappa shape index (κ3) is 2.91. The van der Waals surface area contributed by atoms with E-state index in [1.807, 2.05) is 24.4 Å². The summed E-state index contributed by atoms with van der Waals surface area (Å²) in [6.07, 6.45) is 4.02. The molecule has 1 amide bonds. The molecule has 2 aromatic carbocycles. The van der Waals surface area contributed by atoms with Crippen molar-refractivity contribution in [3.05, 3.63) is 70.6 Å². The molecule has 1 fully saturated rings. The van der Waals surface area contributed by atoms with Gasteiger partial charge in [-0.05, 0) is 54.7 Å².